The maximum Gasteiger partial charge on any atom is 0.223 e. The van der Waals surface area contributed by atoms with Crippen LogP contribution in [0.3, 0.4) is 0 Å². The van der Waals surface area contributed by atoms with Crippen LogP contribution in [0.25, 0.3) is 0 Å². The van der Waals surface area contributed by atoms with E-state index in [1.54, 1.807) is 0 Å². The molecule has 20 heavy (non-hydrogen) atoms. The molecule has 1 saturated heterocycles. The minimum absolute atomic E-state index is 0.0399. The lowest BCUT2D eigenvalue weighted by molar-refractivity contribution is -0.140. The van der Waals surface area contributed by atoms with Crippen LogP contribution in [0, 0.1) is 5.41 Å². The Bertz CT molecular complexity index is 474. The number of benzene rings is 1. The van der Waals surface area contributed by atoms with Crippen LogP contribution in [0.4, 0.5) is 0 Å². The number of halogens is 1. The molecule has 1 amide bonds. The van der Waals surface area contributed by atoms with Crippen LogP contribution in [0.2, 0.25) is 0 Å². The Hall–Kier alpha value is -0.870. The molecule has 3 nitrogen and oxygen atoms in total. The van der Waals surface area contributed by atoms with E-state index in [0.717, 1.165) is 23.0 Å². The van der Waals surface area contributed by atoms with Crippen molar-refractivity contribution in [1.82, 2.24) is 4.90 Å². The minimum atomic E-state index is -0.0399. The molecule has 110 valence electrons. The molecule has 0 radical (unpaired) electrons. The molecule has 2 rings (SSSR count). The zero-order valence-corrected chi connectivity index (χ0v) is 13.7. The normalized spacial score (nSPS) is 24.8. The van der Waals surface area contributed by atoms with Crippen LogP contribution in [-0.2, 0) is 4.79 Å². The third-order valence-electron chi connectivity index (χ3n) is 4.39. The molecule has 1 N–H and O–H groups in total. The molecule has 0 bridgehead atoms. The van der Waals surface area contributed by atoms with Gasteiger partial charge in [0.2, 0.25) is 5.91 Å². The van der Waals surface area contributed by atoms with Gasteiger partial charge in [0, 0.05) is 24.0 Å². The van der Waals surface area contributed by atoms with E-state index >= 15 is 0 Å². The van der Waals surface area contributed by atoms with Crippen molar-refractivity contribution >= 4 is 21.8 Å². The monoisotopic (exact) mass is 339 g/mol. The van der Waals surface area contributed by atoms with Crippen molar-refractivity contribution in [1.29, 1.82) is 0 Å². The Morgan fingerprint density at radius 2 is 2.05 bits per heavy atom. The van der Waals surface area contributed by atoms with E-state index < -0.39 is 0 Å². The van der Waals surface area contributed by atoms with Crippen molar-refractivity contribution in [2.75, 3.05) is 13.2 Å². The van der Waals surface area contributed by atoms with Gasteiger partial charge in [0.15, 0.2) is 0 Å². The van der Waals surface area contributed by atoms with E-state index in [-0.39, 0.29) is 24.0 Å². The highest BCUT2D eigenvalue weighted by molar-refractivity contribution is 9.10. The van der Waals surface area contributed by atoms with Crippen LogP contribution in [0.5, 0.6) is 0 Å². The van der Waals surface area contributed by atoms with Crippen molar-refractivity contribution < 1.29 is 9.90 Å². The first-order valence-corrected chi connectivity index (χ1v) is 7.90. The van der Waals surface area contributed by atoms with Crippen molar-refractivity contribution in [2.45, 2.75) is 39.2 Å². The highest BCUT2D eigenvalue weighted by Crippen LogP contribution is 2.37. The fourth-order valence-electron chi connectivity index (χ4n) is 2.88. The summed E-state index contributed by atoms with van der Waals surface area (Å²) in [6.07, 6.45) is 2.20. The summed E-state index contributed by atoms with van der Waals surface area (Å²) in [4.78, 5) is 14.4. The second-order valence-corrected chi connectivity index (χ2v) is 6.94. The van der Waals surface area contributed by atoms with Gasteiger partial charge in [-0.2, -0.15) is 0 Å². The van der Waals surface area contributed by atoms with E-state index in [1.165, 1.54) is 0 Å². The van der Waals surface area contributed by atoms with Gasteiger partial charge in [0.25, 0.3) is 0 Å². The Morgan fingerprint density at radius 1 is 1.40 bits per heavy atom. The van der Waals surface area contributed by atoms with Crippen LogP contribution in [0.1, 0.15) is 44.7 Å². The first kappa shape index (κ1) is 15.5. The summed E-state index contributed by atoms with van der Waals surface area (Å²) in [6.45, 7) is 5.11. The number of likely N-dealkylation sites (tertiary alicyclic amines) is 1. The number of aliphatic hydroxyl groups excluding tert-OH is 1. The fourth-order valence-corrected chi connectivity index (χ4v) is 3.15. The average molecular weight is 340 g/mol. The molecule has 0 unspecified atom stereocenters. The van der Waals surface area contributed by atoms with Crippen molar-refractivity contribution in [2.24, 2.45) is 5.41 Å². The van der Waals surface area contributed by atoms with Gasteiger partial charge in [-0.3, -0.25) is 4.79 Å². The molecule has 1 aromatic rings. The summed E-state index contributed by atoms with van der Waals surface area (Å²) in [5.41, 5.74) is 1.12. The zero-order valence-electron chi connectivity index (χ0n) is 12.1. The average Bonchev–Trinajstić information content (AvgIpc) is 2.39. The van der Waals surface area contributed by atoms with Gasteiger partial charge >= 0.3 is 0 Å². The number of piperidine rings is 1. The second-order valence-electron chi connectivity index (χ2n) is 6.03. The predicted molar refractivity (Wildman–Crippen MR) is 83.3 cm³/mol. The molecular formula is C16H22BrNO2. The van der Waals surface area contributed by atoms with Crippen LogP contribution in [0.15, 0.2) is 28.7 Å². The summed E-state index contributed by atoms with van der Waals surface area (Å²) in [5.74, 6) is 0.197. The summed E-state index contributed by atoms with van der Waals surface area (Å²) < 4.78 is 1.05. The summed E-state index contributed by atoms with van der Waals surface area (Å²) >= 11 is 3.43. The van der Waals surface area contributed by atoms with Gasteiger partial charge in [-0.05, 0) is 42.9 Å². The molecular weight excluding hydrogens is 318 g/mol. The minimum Gasteiger partial charge on any atom is -0.396 e. The lowest BCUT2D eigenvalue weighted by Gasteiger charge is -2.41. The van der Waals surface area contributed by atoms with Gasteiger partial charge in [-0.1, -0.05) is 35.0 Å². The molecule has 1 aliphatic rings. The topological polar surface area (TPSA) is 40.5 Å². The number of aliphatic hydroxyl groups is 1. The number of hydrogen-bond acceptors (Lipinski definition) is 2. The van der Waals surface area contributed by atoms with Crippen LogP contribution in [-0.4, -0.2) is 29.1 Å². The first-order valence-electron chi connectivity index (χ1n) is 7.11. The smallest absolute Gasteiger partial charge is 0.223 e. The van der Waals surface area contributed by atoms with E-state index in [9.17, 15) is 4.79 Å². The number of hydrogen-bond donors (Lipinski definition) is 1. The maximum atomic E-state index is 12.4. The maximum absolute atomic E-state index is 12.4. The molecule has 4 heteroatoms. The zero-order chi connectivity index (χ0) is 14.8. The molecule has 1 heterocycles. The van der Waals surface area contributed by atoms with Gasteiger partial charge in [-0.15, -0.1) is 0 Å². The Balaban J connectivity index is 2.07. The van der Waals surface area contributed by atoms with E-state index in [0.29, 0.717) is 12.8 Å². The number of rotatable bonds is 4. The van der Waals surface area contributed by atoms with E-state index in [1.807, 2.05) is 17.0 Å². The van der Waals surface area contributed by atoms with E-state index in [4.69, 9.17) is 5.11 Å². The largest absolute Gasteiger partial charge is 0.396 e. The number of amides is 1. The number of carbonyl (C=O) groups excluding carboxylic acids is 1. The highest BCUT2D eigenvalue weighted by atomic mass is 79.9. The summed E-state index contributed by atoms with van der Waals surface area (Å²) in [6, 6.07) is 8.24. The van der Waals surface area contributed by atoms with Gasteiger partial charge < -0.3 is 10.0 Å². The molecule has 0 aliphatic carbocycles. The molecule has 1 aromatic carbocycles. The molecule has 1 fully saturated rings. The number of carbonyl (C=O) groups is 1. The molecule has 2 atom stereocenters. The Labute approximate surface area is 129 Å². The molecule has 0 aromatic heterocycles. The summed E-state index contributed by atoms with van der Waals surface area (Å²) in [5, 5.41) is 9.12. The van der Waals surface area contributed by atoms with Crippen molar-refractivity contribution in [3.63, 3.8) is 0 Å². The van der Waals surface area contributed by atoms with Gasteiger partial charge in [-0.25, -0.2) is 0 Å². The second kappa shape index (κ2) is 6.27. The fraction of sp³-hybridized carbons (Fsp3) is 0.562. The van der Waals surface area contributed by atoms with Gasteiger partial charge in [0.1, 0.15) is 0 Å². The quantitative estimate of drug-likeness (QED) is 0.911. The van der Waals surface area contributed by atoms with Crippen molar-refractivity contribution in [3.8, 4) is 0 Å². The third kappa shape index (κ3) is 3.41. The van der Waals surface area contributed by atoms with E-state index in [2.05, 4.69) is 41.9 Å². The first-order chi connectivity index (χ1) is 9.45. The summed E-state index contributed by atoms with van der Waals surface area (Å²) in [7, 11) is 0. The Kier molecular flexibility index (Phi) is 4.86. The predicted octanol–water partition coefficient (Wildman–Crippen LogP) is 3.52. The lowest BCUT2D eigenvalue weighted by Crippen LogP contribution is -2.44. The van der Waals surface area contributed by atoms with Crippen molar-refractivity contribution in [3.05, 3.63) is 34.3 Å². The standard InChI is InChI=1S/C16H22BrNO2/c1-12(13-3-5-14(17)6-4-13)18-9-7-16(2,8-10-19)11-15(18)20/h3-6,12,19H,7-11H2,1-2H3/t12-,16-/m0/s1. The highest BCUT2D eigenvalue weighted by Gasteiger charge is 2.36. The lowest BCUT2D eigenvalue weighted by atomic mass is 9.77. The molecule has 0 saturated carbocycles. The van der Waals surface area contributed by atoms with Crippen LogP contribution >= 0.6 is 15.9 Å². The molecule has 0 spiro atoms. The SMILES string of the molecule is C[C@@H](c1ccc(Br)cc1)N1CC[C@@](C)(CCO)CC1=O. The molecule has 1 aliphatic heterocycles. The number of nitrogens with zero attached hydrogens (tertiary/aromatic N) is 1. The van der Waals surface area contributed by atoms with Gasteiger partial charge in [0.05, 0.1) is 6.04 Å². The third-order valence-corrected chi connectivity index (χ3v) is 4.92. The Morgan fingerprint density at radius 3 is 2.60 bits per heavy atom. The van der Waals surface area contributed by atoms with Crippen LogP contribution < -0.4 is 0 Å².